The Bertz CT molecular complexity index is 303. The summed E-state index contributed by atoms with van der Waals surface area (Å²) in [5.41, 5.74) is 1.96. The second-order valence-electron chi connectivity index (χ2n) is 3.30. The smallest absolute Gasteiger partial charge is 0.160 e. The molecule has 0 aliphatic carbocycles. The van der Waals surface area contributed by atoms with E-state index in [2.05, 4.69) is 10.3 Å². The van der Waals surface area contributed by atoms with Gasteiger partial charge in [-0.15, -0.1) is 0 Å². The van der Waals surface area contributed by atoms with Crippen molar-refractivity contribution >= 4 is 5.69 Å². The molecule has 0 saturated heterocycles. The summed E-state index contributed by atoms with van der Waals surface area (Å²) in [4.78, 5) is 4.17. The quantitative estimate of drug-likeness (QED) is 0.728. The number of methoxy groups -OCH3 is 2. The van der Waals surface area contributed by atoms with Crippen molar-refractivity contribution in [1.82, 2.24) is 4.98 Å². The molecular formula is C11H18N2O2. The molecule has 4 heteroatoms. The Morgan fingerprint density at radius 2 is 2.20 bits per heavy atom. The molecule has 0 radical (unpaired) electrons. The van der Waals surface area contributed by atoms with Crippen molar-refractivity contribution < 1.29 is 9.47 Å². The maximum Gasteiger partial charge on any atom is 0.160 e. The van der Waals surface area contributed by atoms with Crippen LogP contribution in [0.25, 0.3) is 0 Å². The van der Waals surface area contributed by atoms with E-state index in [-0.39, 0.29) is 0 Å². The second-order valence-corrected chi connectivity index (χ2v) is 3.30. The minimum Gasteiger partial charge on any atom is -0.493 e. The summed E-state index contributed by atoms with van der Waals surface area (Å²) in [6.07, 6.45) is 2.70. The Kier molecular flexibility index (Phi) is 4.90. The van der Waals surface area contributed by atoms with Crippen molar-refractivity contribution in [3.63, 3.8) is 0 Å². The van der Waals surface area contributed by atoms with Crippen molar-refractivity contribution in [1.29, 1.82) is 0 Å². The summed E-state index contributed by atoms with van der Waals surface area (Å²) in [7, 11) is 3.35. The molecule has 0 bridgehead atoms. The molecule has 4 nitrogen and oxygen atoms in total. The van der Waals surface area contributed by atoms with E-state index in [1.54, 1.807) is 20.4 Å². The van der Waals surface area contributed by atoms with E-state index in [0.29, 0.717) is 0 Å². The van der Waals surface area contributed by atoms with Gasteiger partial charge >= 0.3 is 0 Å². The van der Waals surface area contributed by atoms with Gasteiger partial charge in [-0.25, -0.2) is 0 Å². The molecule has 1 aromatic rings. The number of pyridine rings is 1. The molecule has 0 aliphatic rings. The molecule has 0 aromatic carbocycles. The van der Waals surface area contributed by atoms with Crippen LogP contribution < -0.4 is 10.1 Å². The molecule has 15 heavy (non-hydrogen) atoms. The molecule has 0 saturated carbocycles. The monoisotopic (exact) mass is 210 g/mol. The van der Waals surface area contributed by atoms with E-state index < -0.39 is 0 Å². The Labute approximate surface area is 90.6 Å². The van der Waals surface area contributed by atoms with Crippen LogP contribution in [0, 0.1) is 6.92 Å². The number of rotatable bonds is 6. The molecular weight excluding hydrogens is 192 g/mol. The Balaban J connectivity index is 2.54. The van der Waals surface area contributed by atoms with Crippen LogP contribution in [0.1, 0.15) is 12.1 Å². The van der Waals surface area contributed by atoms with Crippen molar-refractivity contribution in [2.24, 2.45) is 0 Å². The van der Waals surface area contributed by atoms with E-state index in [0.717, 1.165) is 36.7 Å². The fourth-order valence-electron chi connectivity index (χ4n) is 1.29. The average molecular weight is 210 g/mol. The highest BCUT2D eigenvalue weighted by Gasteiger charge is 2.02. The van der Waals surface area contributed by atoms with Crippen LogP contribution in [0.15, 0.2) is 12.3 Å². The normalized spacial score (nSPS) is 10.1. The van der Waals surface area contributed by atoms with Gasteiger partial charge in [0.05, 0.1) is 19.0 Å². The van der Waals surface area contributed by atoms with Crippen LogP contribution >= 0.6 is 0 Å². The number of ether oxygens (including phenoxy) is 2. The number of anilines is 1. The van der Waals surface area contributed by atoms with Crippen LogP contribution in [0.3, 0.4) is 0 Å². The van der Waals surface area contributed by atoms with Crippen LogP contribution in [-0.4, -0.2) is 32.4 Å². The van der Waals surface area contributed by atoms with Crippen molar-refractivity contribution in [3.05, 3.63) is 18.0 Å². The molecule has 0 atom stereocenters. The lowest BCUT2D eigenvalue weighted by Crippen LogP contribution is -2.06. The molecule has 0 fully saturated rings. The van der Waals surface area contributed by atoms with E-state index in [1.807, 2.05) is 13.0 Å². The van der Waals surface area contributed by atoms with Crippen LogP contribution in [0.5, 0.6) is 5.75 Å². The Morgan fingerprint density at radius 1 is 1.40 bits per heavy atom. The van der Waals surface area contributed by atoms with Gasteiger partial charge in [0.2, 0.25) is 0 Å². The Morgan fingerprint density at radius 3 is 2.87 bits per heavy atom. The van der Waals surface area contributed by atoms with Gasteiger partial charge in [-0.1, -0.05) is 0 Å². The number of nitrogens with one attached hydrogen (secondary N) is 1. The largest absolute Gasteiger partial charge is 0.493 e. The van der Waals surface area contributed by atoms with E-state index >= 15 is 0 Å². The van der Waals surface area contributed by atoms with Gasteiger partial charge < -0.3 is 14.8 Å². The summed E-state index contributed by atoms with van der Waals surface area (Å²) >= 11 is 0. The van der Waals surface area contributed by atoms with Crippen molar-refractivity contribution in [3.8, 4) is 5.75 Å². The van der Waals surface area contributed by atoms with Crippen molar-refractivity contribution in [2.45, 2.75) is 13.3 Å². The van der Waals surface area contributed by atoms with Gasteiger partial charge in [-0.3, -0.25) is 4.98 Å². The number of aryl methyl sites for hydroxylation is 1. The van der Waals surface area contributed by atoms with Gasteiger partial charge in [-0.2, -0.15) is 0 Å². The first-order valence-electron chi connectivity index (χ1n) is 5.01. The number of hydrogen-bond acceptors (Lipinski definition) is 4. The highest BCUT2D eigenvalue weighted by Crippen LogP contribution is 2.23. The number of aromatic nitrogens is 1. The highest BCUT2D eigenvalue weighted by molar-refractivity contribution is 5.55. The SMILES string of the molecule is COCCCNc1cc(C)ncc1OC. The number of hydrogen-bond donors (Lipinski definition) is 1. The predicted molar refractivity (Wildman–Crippen MR) is 60.5 cm³/mol. The summed E-state index contributed by atoms with van der Waals surface area (Å²) in [6.45, 7) is 3.59. The molecule has 0 amide bonds. The first kappa shape index (κ1) is 11.8. The second kappa shape index (κ2) is 6.24. The van der Waals surface area contributed by atoms with E-state index in [9.17, 15) is 0 Å². The molecule has 84 valence electrons. The van der Waals surface area contributed by atoms with Crippen LogP contribution in [0.4, 0.5) is 5.69 Å². The van der Waals surface area contributed by atoms with Crippen LogP contribution in [-0.2, 0) is 4.74 Å². The molecule has 0 aliphatic heterocycles. The molecule has 1 N–H and O–H groups in total. The van der Waals surface area contributed by atoms with E-state index in [4.69, 9.17) is 9.47 Å². The molecule has 1 aromatic heterocycles. The lowest BCUT2D eigenvalue weighted by Gasteiger charge is -2.10. The molecule has 1 rings (SSSR count). The van der Waals surface area contributed by atoms with E-state index in [1.165, 1.54) is 0 Å². The third-order valence-electron chi connectivity index (χ3n) is 2.06. The summed E-state index contributed by atoms with van der Waals surface area (Å²) < 4.78 is 10.2. The summed E-state index contributed by atoms with van der Waals surface area (Å²) in [5, 5.41) is 3.29. The minimum atomic E-state index is 0.763. The average Bonchev–Trinajstić information content (AvgIpc) is 2.25. The first-order chi connectivity index (χ1) is 7.27. The first-order valence-corrected chi connectivity index (χ1v) is 5.01. The third kappa shape index (κ3) is 3.75. The predicted octanol–water partition coefficient (Wildman–Crippen LogP) is 1.85. The summed E-state index contributed by atoms with van der Waals surface area (Å²) in [6, 6.07) is 1.98. The zero-order valence-electron chi connectivity index (χ0n) is 9.54. The Hall–Kier alpha value is -1.29. The molecule has 1 heterocycles. The highest BCUT2D eigenvalue weighted by atomic mass is 16.5. The van der Waals surface area contributed by atoms with Gasteiger partial charge in [0, 0.05) is 26.0 Å². The maximum absolute atomic E-state index is 5.20. The standard InChI is InChI=1S/C11H18N2O2/c1-9-7-10(11(15-3)8-13-9)12-5-4-6-14-2/h7-8H,4-6H2,1-3H3,(H,12,13). The van der Waals surface area contributed by atoms with Crippen LogP contribution in [0.2, 0.25) is 0 Å². The van der Waals surface area contributed by atoms with Gasteiger partial charge in [0.25, 0.3) is 0 Å². The lowest BCUT2D eigenvalue weighted by molar-refractivity contribution is 0.197. The van der Waals surface area contributed by atoms with Gasteiger partial charge in [-0.05, 0) is 19.4 Å². The fourth-order valence-corrected chi connectivity index (χ4v) is 1.29. The zero-order valence-corrected chi connectivity index (χ0v) is 9.54. The fraction of sp³-hybridized carbons (Fsp3) is 0.545. The van der Waals surface area contributed by atoms with Gasteiger partial charge in [0.15, 0.2) is 5.75 Å². The molecule has 0 spiro atoms. The molecule has 0 unspecified atom stereocenters. The van der Waals surface area contributed by atoms with Crippen molar-refractivity contribution in [2.75, 3.05) is 32.7 Å². The minimum absolute atomic E-state index is 0.763. The van der Waals surface area contributed by atoms with Gasteiger partial charge in [0.1, 0.15) is 0 Å². The maximum atomic E-state index is 5.20. The summed E-state index contributed by atoms with van der Waals surface area (Å²) in [5.74, 6) is 0.776. The topological polar surface area (TPSA) is 43.4 Å². The zero-order chi connectivity index (χ0) is 11.1. The number of nitrogens with zero attached hydrogens (tertiary/aromatic N) is 1. The third-order valence-corrected chi connectivity index (χ3v) is 2.06. The lowest BCUT2D eigenvalue weighted by atomic mass is 10.3.